The zero-order valence-electron chi connectivity index (χ0n) is 14.3. The van der Waals surface area contributed by atoms with E-state index in [1.54, 1.807) is 0 Å². The number of hydrogen-bond acceptors (Lipinski definition) is 10. The van der Waals surface area contributed by atoms with E-state index in [2.05, 4.69) is 11.9 Å². The van der Waals surface area contributed by atoms with Gasteiger partial charge in [0.2, 0.25) is 5.91 Å². The Morgan fingerprint density at radius 3 is 1.60 bits per heavy atom. The fourth-order valence-corrected chi connectivity index (χ4v) is 1.67. The van der Waals surface area contributed by atoms with Gasteiger partial charge in [0.25, 0.3) is 5.85 Å². The Morgan fingerprint density at radius 1 is 0.920 bits per heavy atom. The third-order valence-electron chi connectivity index (χ3n) is 2.71. The molecule has 0 aromatic heterocycles. The SMILES string of the molecule is C=C(C)C(=O)NC(N)(OCCO)C(OCCO)(OCCO)OCCO. The summed E-state index contributed by atoms with van der Waals surface area (Å²) in [6.45, 7) is 1.78. The molecule has 148 valence electrons. The van der Waals surface area contributed by atoms with E-state index < -0.39 is 44.2 Å². The highest BCUT2D eigenvalue weighted by atomic mass is 16.9. The summed E-state index contributed by atoms with van der Waals surface area (Å²) in [6.07, 6.45) is 0. The molecule has 0 fully saturated rings. The molecule has 0 aliphatic heterocycles. The van der Waals surface area contributed by atoms with Gasteiger partial charge in [-0.2, -0.15) is 0 Å². The summed E-state index contributed by atoms with van der Waals surface area (Å²) in [7, 11) is 0. The van der Waals surface area contributed by atoms with E-state index in [-0.39, 0.29) is 32.0 Å². The maximum Gasteiger partial charge on any atom is 0.349 e. The Balaban J connectivity index is 5.84. The van der Waals surface area contributed by atoms with Crippen molar-refractivity contribution in [3.63, 3.8) is 0 Å². The van der Waals surface area contributed by atoms with Gasteiger partial charge in [-0.3, -0.25) is 10.5 Å². The number of aliphatic hydroxyl groups is 4. The highest BCUT2D eigenvalue weighted by molar-refractivity contribution is 5.92. The van der Waals surface area contributed by atoms with Crippen LogP contribution in [0.1, 0.15) is 6.92 Å². The van der Waals surface area contributed by atoms with Gasteiger partial charge in [0.05, 0.1) is 52.9 Å². The third kappa shape index (κ3) is 7.32. The summed E-state index contributed by atoms with van der Waals surface area (Å²) in [5.41, 5.74) is 6.18. The Kier molecular flexibility index (Phi) is 11.7. The quantitative estimate of drug-likeness (QED) is 0.129. The molecule has 0 bridgehead atoms. The first-order valence-corrected chi connectivity index (χ1v) is 7.58. The monoisotopic (exact) mass is 368 g/mol. The van der Waals surface area contributed by atoms with Crippen molar-refractivity contribution in [3.8, 4) is 0 Å². The van der Waals surface area contributed by atoms with Crippen molar-refractivity contribution in [1.82, 2.24) is 5.32 Å². The minimum Gasteiger partial charge on any atom is -0.394 e. The van der Waals surface area contributed by atoms with Crippen LogP contribution in [0.3, 0.4) is 0 Å². The number of aliphatic hydroxyl groups excluding tert-OH is 4. The zero-order chi connectivity index (χ0) is 19.3. The van der Waals surface area contributed by atoms with Gasteiger partial charge < -0.3 is 44.7 Å². The van der Waals surface area contributed by atoms with Crippen molar-refractivity contribution in [3.05, 3.63) is 12.2 Å². The summed E-state index contributed by atoms with van der Waals surface area (Å²) in [5, 5.41) is 38.4. The van der Waals surface area contributed by atoms with Gasteiger partial charge in [0.15, 0.2) is 0 Å². The molecule has 11 nitrogen and oxygen atoms in total. The molecule has 0 spiro atoms. The van der Waals surface area contributed by atoms with Crippen LogP contribution in [-0.2, 0) is 23.7 Å². The van der Waals surface area contributed by atoms with Crippen LogP contribution < -0.4 is 11.1 Å². The van der Waals surface area contributed by atoms with E-state index in [1.165, 1.54) is 6.92 Å². The van der Waals surface area contributed by atoms with Gasteiger partial charge in [0.1, 0.15) is 0 Å². The van der Waals surface area contributed by atoms with Gasteiger partial charge in [-0.1, -0.05) is 6.58 Å². The predicted molar refractivity (Wildman–Crippen MR) is 84.8 cm³/mol. The van der Waals surface area contributed by atoms with Crippen LogP contribution in [0.2, 0.25) is 0 Å². The van der Waals surface area contributed by atoms with Crippen molar-refractivity contribution >= 4 is 5.91 Å². The maximum absolute atomic E-state index is 12.0. The number of rotatable bonds is 15. The lowest BCUT2D eigenvalue weighted by Crippen LogP contribution is -2.75. The van der Waals surface area contributed by atoms with E-state index >= 15 is 0 Å². The molecule has 0 heterocycles. The van der Waals surface area contributed by atoms with E-state index in [0.29, 0.717) is 0 Å². The van der Waals surface area contributed by atoms with Gasteiger partial charge in [0, 0.05) is 5.57 Å². The molecule has 0 aromatic carbocycles. The minimum absolute atomic E-state index is 0.0859. The lowest BCUT2D eigenvalue weighted by atomic mass is 10.2. The second-order valence-corrected chi connectivity index (χ2v) is 4.81. The van der Waals surface area contributed by atoms with Gasteiger partial charge in [-0.15, -0.1) is 0 Å². The Morgan fingerprint density at radius 2 is 1.28 bits per heavy atom. The van der Waals surface area contributed by atoms with Crippen molar-refractivity contribution in [2.45, 2.75) is 18.7 Å². The predicted octanol–water partition coefficient (Wildman–Crippen LogP) is -3.02. The van der Waals surface area contributed by atoms with Crippen molar-refractivity contribution in [1.29, 1.82) is 0 Å². The molecule has 0 rings (SSSR count). The van der Waals surface area contributed by atoms with Crippen LogP contribution in [0.5, 0.6) is 0 Å². The number of nitrogens with one attached hydrogen (secondary N) is 1. The molecule has 1 amide bonds. The van der Waals surface area contributed by atoms with Crippen LogP contribution in [0.25, 0.3) is 0 Å². The van der Waals surface area contributed by atoms with E-state index in [4.69, 9.17) is 45.1 Å². The summed E-state index contributed by atoms with van der Waals surface area (Å²) < 4.78 is 21.3. The van der Waals surface area contributed by atoms with Gasteiger partial charge in [-0.05, 0) is 6.92 Å². The highest BCUT2D eigenvalue weighted by Gasteiger charge is 2.56. The van der Waals surface area contributed by atoms with E-state index in [0.717, 1.165) is 0 Å². The summed E-state index contributed by atoms with van der Waals surface area (Å²) in [4.78, 5) is 12.0. The highest BCUT2D eigenvalue weighted by Crippen LogP contribution is 2.28. The maximum atomic E-state index is 12.0. The van der Waals surface area contributed by atoms with E-state index in [9.17, 15) is 4.79 Å². The van der Waals surface area contributed by atoms with Gasteiger partial charge in [-0.25, -0.2) is 0 Å². The first-order valence-electron chi connectivity index (χ1n) is 7.58. The molecule has 7 N–H and O–H groups in total. The molecule has 25 heavy (non-hydrogen) atoms. The average Bonchev–Trinajstić information content (AvgIpc) is 2.59. The molecule has 1 unspecified atom stereocenters. The van der Waals surface area contributed by atoms with Crippen molar-refractivity contribution < 1.29 is 44.2 Å². The van der Waals surface area contributed by atoms with Crippen LogP contribution in [-0.4, -0.2) is 91.0 Å². The lowest BCUT2D eigenvalue weighted by Gasteiger charge is -2.45. The molecule has 11 heteroatoms. The Bertz CT molecular complexity index is 386. The van der Waals surface area contributed by atoms with Crippen molar-refractivity contribution in [2.24, 2.45) is 5.73 Å². The molecule has 1 atom stereocenters. The second-order valence-electron chi connectivity index (χ2n) is 4.81. The summed E-state index contributed by atoms with van der Waals surface area (Å²) >= 11 is 0. The van der Waals surface area contributed by atoms with Gasteiger partial charge >= 0.3 is 5.97 Å². The first kappa shape index (κ1) is 23.9. The fourth-order valence-electron chi connectivity index (χ4n) is 1.67. The molecule has 0 saturated heterocycles. The standard InChI is InChI=1S/C14H28N2O9/c1-11(2)12(21)16-13(15,22-7-3-17)14(23-8-4-18,24-9-5-19)25-10-6-20/h17-20H,1,3-10,15H2,2H3,(H,16,21). The van der Waals surface area contributed by atoms with Crippen LogP contribution in [0.4, 0.5) is 0 Å². The number of carbonyl (C=O) groups is 1. The Hall–Kier alpha value is -1.15. The molecule has 0 aromatic rings. The largest absolute Gasteiger partial charge is 0.394 e. The third-order valence-corrected chi connectivity index (χ3v) is 2.71. The van der Waals surface area contributed by atoms with Crippen LogP contribution in [0.15, 0.2) is 12.2 Å². The molecular weight excluding hydrogens is 340 g/mol. The number of carbonyl (C=O) groups excluding carboxylic acids is 1. The smallest absolute Gasteiger partial charge is 0.349 e. The number of nitrogens with two attached hydrogens (primary N) is 1. The normalized spacial score (nSPS) is 14.2. The number of amides is 1. The average molecular weight is 368 g/mol. The number of hydrogen-bond donors (Lipinski definition) is 6. The first-order chi connectivity index (χ1) is 11.8. The van der Waals surface area contributed by atoms with E-state index in [1.807, 2.05) is 0 Å². The molecule has 0 aliphatic rings. The van der Waals surface area contributed by atoms with Crippen LogP contribution >= 0.6 is 0 Å². The minimum atomic E-state index is -2.33. The van der Waals surface area contributed by atoms with Crippen LogP contribution in [0, 0.1) is 0 Å². The summed E-state index contributed by atoms with van der Waals surface area (Å²) in [5.74, 6) is -5.36. The number of ether oxygens (including phenoxy) is 4. The zero-order valence-corrected chi connectivity index (χ0v) is 14.3. The molecule has 0 saturated carbocycles. The lowest BCUT2D eigenvalue weighted by molar-refractivity contribution is -0.453. The molecule has 0 aliphatic carbocycles. The molecule has 0 radical (unpaired) electrons. The second kappa shape index (κ2) is 12.2. The Labute approximate surface area is 145 Å². The molecular formula is C14H28N2O9. The fraction of sp³-hybridized carbons (Fsp3) is 0.786. The summed E-state index contributed by atoms with van der Waals surface area (Å²) in [6, 6.07) is 0. The topological polar surface area (TPSA) is 173 Å². The van der Waals surface area contributed by atoms with Crippen molar-refractivity contribution in [2.75, 3.05) is 52.9 Å².